The third kappa shape index (κ3) is 5.52. The quantitative estimate of drug-likeness (QED) is 0.874. The van der Waals surface area contributed by atoms with Gasteiger partial charge in [-0.15, -0.1) is 12.4 Å². The Morgan fingerprint density at radius 2 is 2.08 bits per heavy atom. The summed E-state index contributed by atoms with van der Waals surface area (Å²) in [5.41, 5.74) is 0. The lowest BCUT2D eigenvalue weighted by molar-refractivity contribution is -0.136. The van der Waals surface area contributed by atoms with Crippen LogP contribution in [0.4, 0.5) is 8.78 Å². The summed E-state index contributed by atoms with van der Waals surface area (Å²) in [7, 11) is 0. The van der Waals surface area contributed by atoms with Crippen molar-refractivity contribution in [1.82, 2.24) is 10.2 Å². The summed E-state index contributed by atoms with van der Waals surface area (Å²) in [6.45, 7) is 3.32. The molecule has 0 radical (unpaired) electrons. The van der Waals surface area contributed by atoms with Crippen molar-refractivity contribution in [3.05, 3.63) is 29.8 Å². The molecule has 0 spiro atoms. The Morgan fingerprint density at radius 1 is 1.32 bits per heavy atom. The summed E-state index contributed by atoms with van der Waals surface area (Å²) in [4.78, 5) is 14.1. The highest BCUT2D eigenvalue weighted by Gasteiger charge is 2.27. The summed E-state index contributed by atoms with van der Waals surface area (Å²) >= 11 is 0. The Bertz CT molecular complexity index is 577. The number of benzene rings is 1. The monoisotopic (exact) mass is 376 g/mol. The summed E-state index contributed by atoms with van der Waals surface area (Å²) < 4.78 is 37.7. The van der Waals surface area contributed by atoms with Gasteiger partial charge >= 0.3 is 0 Å². The maximum atomic E-state index is 13.6. The molecule has 2 aliphatic rings. The molecule has 140 valence electrons. The summed E-state index contributed by atoms with van der Waals surface area (Å²) in [5.74, 6) is -1.19. The summed E-state index contributed by atoms with van der Waals surface area (Å²) in [6, 6.07) is 3.29. The van der Waals surface area contributed by atoms with E-state index in [2.05, 4.69) is 5.32 Å². The fraction of sp³-hybridized carbons (Fsp3) is 0.588. The highest BCUT2D eigenvalue weighted by Crippen LogP contribution is 2.23. The number of piperidine rings is 1. The molecule has 0 aromatic heterocycles. The third-order valence-electron chi connectivity index (χ3n) is 4.39. The van der Waals surface area contributed by atoms with Crippen molar-refractivity contribution in [2.24, 2.45) is 0 Å². The zero-order chi connectivity index (χ0) is 16.9. The number of hydrogen-bond donors (Lipinski definition) is 1. The van der Waals surface area contributed by atoms with Crippen LogP contribution in [0.1, 0.15) is 19.3 Å². The SMILES string of the molecule is Cl.O=C(CC1CNCCO1)N1CCC(Oc2ccc(F)cc2F)CC1. The fourth-order valence-electron chi connectivity index (χ4n) is 3.05. The van der Waals surface area contributed by atoms with E-state index in [0.717, 1.165) is 12.6 Å². The lowest BCUT2D eigenvalue weighted by Crippen LogP contribution is -2.45. The lowest BCUT2D eigenvalue weighted by atomic mass is 10.1. The van der Waals surface area contributed by atoms with Gasteiger partial charge in [-0.25, -0.2) is 8.78 Å². The molecular formula is C17H23ClF2N2O3. The van der Waals surface area contributed by atoms with Crippen molar-refractivity contribution >= 4 is 18.3 Å². The van der Waals surface area contributed by atoms with Gasteiger partial charge in [0.15, 0.2) is 11.6 Å². The first kappa shape index (κ1) is 19.9. The van der Waals surface area contributed by atoms with Gasteiger partial charge in [-0.1, -0.05) is 0 Å². The normalized spacial score (nSPS) is 21.5. The maximum Gasteiger partial charge on any atom is 0.225 e. The van der Waals surface area contributed by atoms with Gasteiger partial charge in [-0.3, -0.25) is 4.79 Å². The Morgan fingerprint density at radius 3 is 2.72 bits per heavy atom. The number of carbonyl (C=O) groups is 1. The van der Waals surface area contributed by atoms with Gasteiger partial charge in [0.1, 0.15) is 11.9 Å². The zero-order valence-corrected chi connectivity index (χ0v) is 14.7. The van der Waals surface area contributed by atoms with E-state index in [1.165, 1.54) is 12.1 Å². The van der Waals surface area contributed by atoms with Crippen LogP contribution in [-0.2, 0) is 9.53 Å². The topological polar surface area (TPSA) is 50.8 Å². The van der Waals surface area contributed by atoms with Crippen molar-refractivity contribution in [3.63, 3.8) is 0 Å². The molecule has 1 aromatic carbocycles. The van der Waals surface area contributed by atoms with E-state index in [4.69, 9.17) is 9.47 Å². The largest absolute Gasteiger partial charge is 0.487 e. The first-order chi connectivity index (χ1) is 11.6. The van der Waals surface area contributed by atoms with Crippen LogP contribution in [0, 0.1) is 11.6 Å². The standard InChI is InChI=1S/C17H22F2N2O3.ClH/c18-12-1-2-16(15(19)9-12)24-13-3-6-21(7-4-13)17(22)10-14-11-20-5-8-23-14;/h1-2,9,13-14,20H,3-8,10-11H2;1H. The number of rotatable bonds is 4. The molecule has 2 fully saturated rings. The fourth-order valence-corrected chi connectivity index (χ4v) is 3.05. The Kier molecular flexibility index (Phi) is 7.40. The van der Waals surface area contributed by atoms with E-state index in [1.54, 1.807) is 4.90 Å². The zero-order valence-electron chi connectivity index (χ0n) is 13.9. The molecule has 2 heterocycles. The highest BCUT2D eigenvalue weighted by molar-refractivity contribution is 5.85. The van der Waals surface area contributed by atoms with E-state index in [9.17, 15) is 13.6 Å². The van der Waals surface area contributed by atoms with Crippen LogP contribution in [0.2, 0.25) is 0 Å². The second-order valence-electron chi connectivity index (χ2n) is 6.17. The van der Waals surface area contributed by atoms with Gasteiger partial charge in [0.25, 0.3) is 0 Å². The molecule has 1 N–H and O–H groups in total. The summed E-state index contributed by atoms with van der Waals surface area (Å²) in [6.07, 6.45) is 1.42. The number of ether oxygens (including phenoxy) is 2. The molecule has 5 nitrogen and oxygen atoms in total. The van der Waals surface area contributed by atoms with Gasteiger partial charge in [0.05, 0.1) is 19.1 Å². The van der Waals surface area contributed by atoms with Crippen molar-refractivity contribution in [3.8, 4) is 5.75 Å². The van der Waals surface area contributed by atoms with Crippen LogP contribution in [0.25, 0.3) is 0 Å². The molecular weight excluding hydrogens is 354 g/mol. The van der Waals surface area contributed by atoms with E-state index < -0.39 is 11.6 Å². The maximum absolute atomic E-state index is 13.6. The molecule has 2 saturated heterocycles. The minimum atomic E-state index is -0.699. The number of halogens is 3. The van der Waals surface area contributed by atoms with Crippen LogP contribution in [0.5, 0.6) is 5.75 Å². The van der Waals surface area contributed by atoms with E-state index in [0.29, 0.717) is 45.5 Å². The predicted octanol–water partition coefficient (Wildman–Crippen LogP) is 2.13. The number of nitrogens with zero attached hydrogens (tertiary/aromatic N) is 1. The van der Waals surface area contributed by atoms with E-state index in [1.807, 2.05) is 0 Å². The molecule has 0 bridgehead atoms. The lowest BCUT2D eigenvalue weighted by Gasteiger charge is -2.33. The second kappa shape index (κ2) is 9.31. The van der Waals surface area contributed by atoms with E-state index in [-0.39, 0.29) is 36.3 Å². The number of hydrogen-bond acceptors (Lipinski definition) is 4. The van der Waals surface area contributed by atoms with Gasteiger partial charge < -0.3 is 19.7 Å². The highest BCUT2D eigenvalue weighted by atomic mass is 35.5. The molecule has 2 aliphatic heterocycles. The first-order valence-electron chi connectivity index (χ1n) is 8.33. The Hall–Kier alpha value is -1.44. The number of morpholine rings is 1. The minimum Gasteiger partial charge on any atom is -0.487 e. The molecule has 0 saturated carbocycles. The van der Waals surface area contributed by atoms with Crippen LogP contribution in [0.15, 0.2) is 18.2 Å². The van der Waals surface area contributed by atoms with Gasteiger partial charge in [-0.2, -0.15) is 0 Å². The predicted molar refractivity (Wildman–Crippen MR) is 91.1 cm³/mol. The second-order valence-corrected chi connectivity index (χ2v) is 6.17. The van der Waals surface area contributed by atoms with Crippen LogP contribution in [-0.4, -0.2) is 55.8 Å². The molecule has 1 atom stereocenters. The van der Waals surface area contributed by atoms with Gasteiger partial charge in [0, 0.05) is 45.1 Å². The molecule has 1 unspecified atom stereocenters. The molecule has 25 heavy (non-hydrogen) atoms. The molecule has 8 heteroatoms. The van der Waals surface area contributed by atoms with Crippen LogP contribution >= 0.6 is 12.4 Å². The molecule has 3 rings (SSSR count). The van der Waals surface area contributed by atoms with Crippen molar-refractivity contribution in [1.29, 1.82) is 0 Å². The Balaban J connectivity index is 0.00000225. The average Bonchev–Trinajstić information content (AvgIpc) is 2.59. The number of carbonyl (C=O) groups excluding carboxylic acids is 1. The third-order valence-corrected chi connectivity index (χ3v) is 4.39. The van der Waals surface area contributed by atoms with Crippen molar-refractivity contribution < 1.29 is 23.0 Å². The van der Waals surface area contributed by atoms with Gasteiger partial charge in [-0.05, 0) is 12.1 Å². The van der Waals surface area contributed by atoms with E-state index >= 15 is 0 Å². The number of amides is 1. The minimum absolute atomic E-state index is 0. The number of likely N-dealkylation sites (tertiary alicyclic amines) is 1. The molecule has 1 aromatic rings. The average molecular weight is 377 g/mol. The van der Waals surface area contributed by atoms with Crippen molar-refractivity contribution in [2.75, 3.05) is 32.8 Å². The molecule has 0 aliphatic carbocycles. The molecule has 1 amide bonds. The Labute approximate surface area is 152 Å². The van der Waals surface area contributed by atoms with Crippen LogP contribution < -0.4 is 10.1 Å². The number of nitrogens with one attached hydrogen (secondary N) is 1. The smallest absolute Gasteiger partial charge is 0.225 e. The summed E-state index contributed by atoms with van der Waals surface area (Å²) in [5, 5.41) is 3.21. The van der Waals surface area contributed by atoms with Crippen LogP contribution in [0.3, 0.4) is 0 Å². The van der Waals surface area contributed by atoms with Crippen molar-refractivity contribution in [2.45, 2.75) is 31.5 Å². The first-order valence-corrected chi connectivity index (χ1v) is 8.33. The van der Waals surface area contributed by atoms with Gasteiger partial charge in [0.2, 0.25) is 5.91 Å².